The van der Waals surface area contributed by atoms with Gasteiger partial charge in [-0.1, -0.05) is 98.8 Å². The van der Waals surface area contributed by atoms with Gasteiger partial charge in [-0.3, -0.25) is 0 Å². The predicted molar refractivity (Wildman–Crippen MR) is 117 cm³/mol. The van der Waals surface area contributed by atoms with E-state index in [1.165, 1.54) is 22.3 Å². The number of benzene rings is 2. The van der Waals surface area contributed by atoms with Gasteiger partial charge in [0, 0.05) is 0 Å². The molecule has 0 bridgehead atoms. The highest BCUT2D eigenvalue weighted by Crippen LogP contribution is 2.31. The lowest BCUT2D eigenvalue weighted by molar-refractivity contribution is 0.919. The topological polar surface area (TPSA) is 0 Å². The van der Waals surface area contributed by atoms with Crippen LogP contribution in [0.15, 0.2) is 85.5 Å². The molecular formula is C26H30. The summed E-state index contributed by atoms with van der Waals surface area (Å²) >= 11 is 0. The van der Waals surface area contributed by atoms with Gasteiger partial charge in [0.15, 0.2) is 0 Å². The Morgan fingerprint density at radius 2 is 1.62 bits per heavy atom. The Bertz CT molecular complexity index is 809. The lowest BCUT2D eigenvalue weighted by Crippen LogP contribution is -1.95. The molecule has 0 atom stereocenters. The normalized spacial score (nSPS) is 10.7. The molecule has 0 aliphatic heterocycles. The summed E-state index contributed by atoms with van der Waals surface area (Å²) in [6, 6.07) is 17.2. The van der Waals surface area contributed by atoms with Crippen LogP contribution in [-0.4, -0.2) is 0 Å². The Morgan fingerprint density at radius 1 is 0.923 bits per heavy atom. The van der Waals surface area contributed by atoms with Crippen molar-refractivity contribution in [1.82, 2.24) is 0 Å². The van der Waals surface area contributed by atoms with E-state index >= 15 is 0 Å². The molecule has 0 saturated heterocycles. The highest BCUT2D eigenvalue weighted by atomic mass is 14.1. The van der Waals surface area contributed by atoms with Crippen molar-refractivity contribution in [3.63, 3.8) is 0 Å². The number of aryl methyl sites for hydroxylation is 1. The molecule has 0 nitrogen and oxygen atoms in total. The second-order valence-electron chi connectivity index (χ2n) is 6.94. The minimum Gasteiger partial charge on any atom is -0.0906 e. The summed E-state index contributed by atoms with van der Waals surface area (Å²) in [5, 5.41) is 0. The monoisotopic (exact) mass is 342 g/mol. The van der Waals surface area contributed by atoms with Gasteiger partial charge in [0.1, 0.15) is 0 Å². The van der Waals surface area contributed by atoms with Crippen LogP contribution in [0.2, 0.25) is 0 Å². The van der Waals surface area contributed by atoms with Crippen molar-refractivity contribution in [2.75, 3.05) is 0 Å². The zero-order valence-corrected chi connectivity index (χ0v) is 16.4. The Labute approximate surface area is 159 Å². The van der Waals surface area contributed by atoms with Crippen molar-refractivity contribution in [1.29, 1.82) is 0 Å². The van der Waals surface area contributed by atoms with E-state index in [1.807, 2.05) is 0 Å². The van der Waals surface area contributed by atoms with E-state index < -0.39 is 0 Å². The van der Waals surface area contributed by atoms with Crippen molar-refractivity contribution in [2.24, 2.45) is 0 Å². The van der Waals surface area contributed by atoms with Crippen molar-refractivity contribution < 1.29 is 0 Å². The molecule has 0 aliphatic carbocycles. The molecule has 0 amide bonds. The number of rotatable bonds is 8. The molecule has 2 rings (SSSR count). The Kier molecular flexibility index (Phi) is 7.41. The highest BCUT2D eigenvalue weighted by molar-refractivity contribution is 6.03. The van der Waals surface area contributed by atoms with Gasteiger partial charge in [-0.25, -0.2) is 0 Å². The Hall–Kier alpha value is -2.60. The minimum atomic E-state index is 0.941. The van der Waals surface area contributed by atoms with Crippen LogP contribution in [0.5, 0.6) is 0 Å². The molecular weight excluding hydrogens is 312 g/mol. The van der Waals surface area contributed by atoms with Crippen LogP contribution in [0.25, 0.3) is 11.1 Å². The van der Waals surface area contributed by atoms with Gasteiger partial charge in [-0.2, -0.15) is 0 Å². The van der Waals surface area contributed by atoms with Crippen LogP contribution in [-0.2, 0) is 12.8 Å². The summed E-state index contributed by atoms with van der Waals surface area (Å²) in [7, 11) is 0. The maximum atomic E-state index is 4.33. The maximum absolute atomic E-state index is 4.33. The average molecular weight is 343 g/mol. The molecule has 0 aliphatic rings. The zero-order chi connectivity index (χ0) is 18.9. The minimum absolute atomic E-state index is 0.941. The van der Waals surface area contributed by atoms with Crippen LogP contribution in [0.1, 0.15) is 49.4 Å². The largest absolute Gasteiger partial charge is 0.0906 e. The van der Waals surface area contributed by atoms with Gasteiger partial charge in [-0.05, 0) is 60.1 Å². The summed E-state index contributed by atoms with van der Waals surface area (Å²) in [5.41, 5.74) is 8.34. The van der Waals surface area contributed by atoms with E-state index in [2.05, 4.69) is 101 Å². The van der Waals surface area contributed by atoms with E-state index in [-0.39, 0.29) is 0 Å². The number of hydrogen-bond donors (Lipinski definition) is 0. The van der Waals surface area contributed by atoms with E-state index in [9.17, 15) is 0 Å². The highest BCUT2D eigenvalue weighted by Gasteiger charge is 2.09. The summed E-state index contributed by atoms with van der Waals surface area (Å²) in [6.07, 6.45) is 9.58. The molecule has 2 aromatic carbocycles. The smallest absolute Gasteiger partial charge is 0.00943 e. The quantitative estimate of drug-likeness (QED) is 0.437. The average Bonchev–Trinajstić information content (AvgIpc) is 2.65. The first-order valence-electron chi connectivity index (χ1n) is 9.38. The van der Waals surface area contributed by atoms with Gasteiger partial charge in [-0.15, -0.1) is 0 Å². The standard InChI is InChI=1S/C26H30/c1-6-11-25-14-9-10-15-26(25)22(5)21(4)24-18-16-23(17-19-24)13-8-7-12-20(2)3/h7-10,12,14-19H,4-6,11,13H2,1-3H3/b8-7-. The summed E-state index contributed by atoms with van der Waals surface area (Å²) in [4.78, 5) is 0. The van der Waals surface area contributed by atoms with E-state index in [0.29, 0.717) is 0 Å². The van der Waals surface area contributed by atoms with Crippen molar-refractivity contribution >= 4 is 11.1 Å². The lowest BCUT2D eigenvalue weighted by atomic mass is 9.90. The molecule has 0 radical (unpaired) electrons. The first-order valence-corrected chi connectivity index (χ1v) is 9.38. The van der Waals surface area contributed by atoms with Gasteiger partial charge in [0.2, 0.25) is 0 Å². The molecule has 0 saturated carbocycles. The molecule has 0 unspecified atom stereocenters. The molecule has 0 heteroatoms. The van der Waals surface area contributed by atoms with Gasteiger partial charge < -0.3 is 0 Å². The van der Waals surface area contributed by atoms with Gasteiger partial charge in [0.05, 0.1) is 0 Å². The summed E-state index contributed by atoms with van der Waals surface area (Å²) < 4.78 is 0. The fourth-order valence-corrected chi connectivity index (χ4v) is 2.95. The fraction of sp³-hybridized carbons (Fsp3) is 0.231. The maximum Gasteiger partial charge on any atom is -0.00943 e. The van der Waals surface area contributed by atoms with Crippen molar-refractivity contribution in [3.05, 3.63) is 108 Å². The fourth-order valence-electron chi connectivity index (χ4n) is 2.95. The number of hydrogen-bond acceptors (Lipinski definition) is 0. The van der Waals surface area contributed by atoms with E-state index in [1.54, 1.807) is 0 Å². The summed E-state index contributed by atoms with van der Waals surface area (Å²) in [6.45, 7) is 15.1. The first kappa shape index (κ1) is 19.7. The predicted octanol–water partition coefficient (Wildman–Crippen LogP) is 7.43. The molecule has 134 valence electrons. The molecule has 2 aromatic rings. The summed E-state index contributed by atoms with van der Waals surface area (Å²) in [5.74, 6) is 0. The first-order chi connectivity index (χ1) is 12.5. The third-order valence-corrected chi connectivity index (χ3v) is 4.45. The van der Waals surface area contributed by atoms with Crippen LogP contribution >= 0.6 is 0 Å². The molecule has 26 heavy (non-hydrogen) atoms. The van der Waals surface area contributed by atoms with Gasteiger partial charge in [0.25, 0.3) is 0 Å². The van der Waals surface area contributed by atoms with E-state index in [0.717, 1.165) is 36.0 Å². The third kappa shape index (κ3) is 5.46. The molecule has 0 N–H and O–H groups in total. The molecule has 0 fully saturated rings. The van der Waals surface area contributed by atoms with Crippen molar-refractivity contribution in [2.45, 2.75) is 40.0 Å². The molecule has 0 spiro atoms. The van der Waals surface area contributed by atoms with Gasteiger partial charge >= 0.3 is 0 Å². The van der Waals surface area contributed by atoms with Crippen LogP contribution < -0.4 is 0 Å². The molecule has 0 heterocycles. The number of allylic oxidation sites excluding steroid dienone is 6. The molecule has 0 aromatic heterocycles. The van der Waals surface area contributed by atoms with Crippen molar-refractivity contribution in [3.8, 4) is 0 Å². The van der Waals surface area contributed by atoms with Crippen LogP contribution in [0.3, 0.4) is 0 Å². The second-order valence-corrected chi connectivity index (χ2v) is 6.94. The second kappa shape index (κ2) is 9.77. The van der Waals surface area contributed by atoms with E-state index in [4.69, 9.17) is 0 Å². The van der Waals surface area contributed by atoms with Crippen LogP contribution in [0, 0.1) is 0 Å². The Balaban J connectivity index is 2.11. The lowest BCUT2D eigenvalue weighted by Gasteiger charge is -2.14. The zero-order valence-electron chi connectivity index (χ0n) is 16.4. The SMILES string of the molecule is C=C(C(=C)c1ccccc1CCC)c1ccc(C/C=C\C=C(C)C)cc1. The van der Waals surface area contributed by atoms with Crippen LogP contribution in [0.4, 0.5) is 0 Å². The third-order valence-electron chi connectivity index (χ3n) is 4.45. The Morgan fingerprint density at radius 3 is 2.27 bits per heavy atom.